The SMILES string of the molecule is COc1ccc(COC(=O)N[C@H](CCC#Cc2ccc([N+](=O)[O-])cc2)[C@H](OCCC(C)(C)[SiH2]C)c2ccccc2)cc1. The minimum Gasteiger partial charge on any atom is -0.497 e. The van der Waals surface area contributed by atoms with Crippen molar-refractivity contribution in [2.45, 2.75) is 63.4 Å². The number of carbonyl (C=O) groups is 1. The van der Waals surface area contributed by atoms with E-state index >= 15 is 0 Å². The Labute approximate surface area is 250 Å². The van der Waals surface area contributed by atoms with E-state index in [-0.39, 0.29) is 26.9 Å². The van der Waals surface area contributed by atoms with Crippen molar-refractivity contribution in [1.29, 1.82) is 0 Å². The van der Waals surface area contributed by atoms with Crippen LogP contribution < -0.4 is 10.1 Å². The van der Waals surface area contributed by atoms with Gasteiger partial charge in [0.15, 0.2) is 0 Å². The number of amides is 1. The quantitative estimate of drug-likeness (QED) is 0.0987. The number of methoxy groups -OCH3 is 1. The molecule has 0 unspecified atom stereocenters. The number of nitrogens with one attached hydrogen (secondary N) is 1. The molecule has 0 radical (unpaired) electrons. The number of carbonyl (C=O) groups excluding carboxylic acids is 1. The summed E-state index contributed by atoms with van der Waals surface area (Å²) in [4.78, 5) is 23.5. The lowest BCUT2D eigenvalue weighted by molar-refractivity contribution is -0.384. The maximum absolute atomic E-state index is 13.0. The van der Waals surface area contributed by atoms with Crippen LogP contribution in [0.25, 0.3) is 0 Å². The van der Waals surface area contributed by atoms with Gasteiger partial charge in [0.2, 0.25) is 0 Å². The van der Waals surface area contributed by atoms with E-state index in [1.54, 1.807) is 19.2 Å². The van der Waals surface area contributed by atoms with E-state index in [2.05, 4.69) is 37.6 Å². The lowest BCUT2D eigenvalue weighted by Gasteiger charge is -2.30. The third kappa shape index (κ3) is 10.7. The van der Waals surface area contributed by atoms with Crippen molar-refractivity contribution in [2.24, 2.45) is 0 Å². The van der Waals surface area contributed by atoms with Crippen LogP contribution in [0.4, 0.5) is 10.5 Å². The van der Waals surface area contributed by atoms with Crippen LogP contribution in [0.15, 0.2) is 78.9 Å². The van der Waals surface area contributed by atoms with Crippen molar-refractivity contribution < 1.29 is 23.9 Å². The fourth-order valence-corrected chi connectivity index (χ4v) is 4.65. The fourth-order valence-electron chi connectivity index (χ4n) is 4.15. The molecule has 0 aliphatic heterocycles. The number of ether oxygens (including phenoxy) is 3. The molecule has 3 aromatic carbocycles. The second-order valence-corrected chi connectivity index (χ2v) is 13.4. The number of hydrogen-bond donors (Lipinski definition) is 1. The number of nitro benzene ring substituents is 1. The summed E-state index contributed by atoms with van der Waals surface area (Å²) in [6.07, 6.45) is 0.997. The molecule has 42 heavy (non-hydrogen) atoms. The lowest BCUT2D eigenvalue weighted by Crippen LogP contribution is -2.40. The number of hydrogen-bond acceptors (Lipinski definition) is 6. The summed E-state index contributed by atoms with van der Waals surface area (Å²) in [6.45, 7) is 7.55. The Bertz CT molecular complexity index is 1330. The maximum Gasteiger partial charge on any atom is 0.407 e. The van der Waals surface area contributed by atoms with Gasteiger partial charge in [-0.3, -0.25) is 10.1 Å². The van der Waals surface area contributed by atoms with E-state index in [0.717, 1.165) is 23.3 Å². The molecule has 0 saturated carbocycles. The number of alkyl carbamates (subject to hydrolysis) is 1. The summed E-state index contributed by atoms with van der Waals surface area (Å²) < 4.78 is 17.3. The van der Waals surface area contributed by atoms with Crippen LogP contribution in [0, 0.1) is 22.0 Å². The fraction of sp³-hybridized carbons (Fsp3) is 0.364. The molecule has 0 saturated heterocycles. The van der Waals surface area contributed by atoms with Gasteiger partial charge in [-0.25, -0.2) is 4.79 Å². The van der Waals surface area contributed by atoms with E-state index < -0.39 is 23.2 Å². The number of benzene rings is 3. The lowest BCUT2D eigenvalue weighted by atomic mass is 9.98. The van der Waals surface area contributed by atoms with Crippen LogP contribution >= 0.6 is 0 Å². The van der Waals surface area contributed by atoms with E-state index in [9.17, 15) is 14.9 Å². The maximum atomic E-state index is 13.0. The number of nitro groups is 1. The normalized spacial score (nSPS) is 12.7. The first kappa shape index (κ1) is 32.4. The molecule has 0 aromatic heterocycles. The van der Waals surface area contributed by atoms with E-state index in [1.807, 2.05) is 54.6 Å². The molecule has 3 aromatic rings. The number of nitrogens with zero attached hydrogens (tertiary/aromatic N) is 1. The Morgan fingerprint density at radius 2 is 1.74 bits per heavy atom. The Balaban J connectivity index is 1.75. The van der Waals surface area contributed by atoms with Gasteiger partial charge in [0.25, 0.3) is 5.69 Å². The highest BCUT2D eigenvalue weighted by molar-refractivity contribution is 6.37. The highest BCUT2D eigenvalue weighted by Gasteiger charge is 2.27. The highest BCUT2D eigenvalue weighted by atomic mass is 28.2. The number of rotatable bonds is 14. The highest BCUT2D eigenvalue weighted by Crippen LogP contribution is 2.30. The molecule has 0 aliphatic carbocycles. The first-order chi connectivity index (χ1) is 20.2. The predicted molar refractivity (Wildman–Crippen MR) is 168 cm³/mol. The van der Waals surface area contributed by atoms with Gasteiger partial charge in [0, 0.05) is 40.2 Å². The molecule has 1 N–H and O–H groups in total. The molecule has 3 rings (SSSR count). The Kier molecular flexibility index (Phi) is 12.6. The van der Waals surface area contributed by atoms with Crippen LogP contribution in [-0.4, -0.2) is 40.3 Å². The molecule has 9 heteroatoms. The molecule has 8 nitrogen and oxygen atoms in total. The van der Waals surface area contributed by atoms with Crippen molar-refractivity contribution in [2.75, 3.05) is 13.7 Å². The molecule has 0 heterocycles. The van der Waals surface area contributed by atoms with Gasteiger partial charge >= 0.3 is 6.09 Å². The van der Waals surface area contributed by atoms with Crippen molar-refractivity contribution in [3.05, 3.63) is 106 Å². The molecule has 222 valence electrons. The first-order valence-electron chi connectivity index (χ1n) is 14.2. The van der Waals surface area contributed by atoms with Gasteiger partial charge in [-0.05, 0) is 53.3 Å². The summed E-state index contributed by atoms with van der Waals surface area (Å²) in [5.41, 5.74) is 2.52. The van der Waals surface area contributed by atoms with E-state index in [4.69, 9.17) is 14.2 Å². The van der Waals surface area contributed by atoms with Crippen molar-refractivity contribution in [3.63, 3.8) is 0 Å². The molecule has 0 bridgehead atoms. The molecule has 0 fully saturated rings. The summed E-state index contributed by atoms with van der Waals surface area (Å²) in [5, 5.41) is 14.2. The zero-order valence-electron chi connectivity index (χ0n) is 24.8. The summed E-state index contributed by atoms with van der Waals surface area (Å²) >= 11 is 0. The minimum absolute atomic E-state index is 0.0229. The number of non-ortho nitro benzene ring substituents is 1. The average Bonchev–Trinajstić information content (AvgIpc) is 3.00. The van der Waals surface area contributed by atoms with Crippen LogP contribution in [0.5, 0.6) is 5.75 Å². The molecular weight excluding hydrogens is 548 g/mol. The van der Waals surface area contributed by atoms with Crippen molar-refractivity contribution >= 4 is 21.3 Å². The Hall–Kier alpha value is -4.13. The largest absolute Gasteiger partial charge is 0.497 e. The first-order valence-corrected chi connectivity index (χ1v) is 16.3. The third-order valence-electron chi connectivity index (χ3n) is 7.25. The molecule has 2 atom stereocenters. The van der Waals surface area contributed by atoms with Crippen molar-refractivity contribution in [1.82, 2.24) is 5.32 Å². The van der Waals surface area contributed by atoms with E-state index in [0.29, 0.717) is 25.0 Å². The van der Waals surface area contributed by atoms with Crippen LogP contribution in [0.2, 0.25) is 11.6 Å². The van der Waals surface area contributed by atoms with E-state index in [1.165, 1.54) is 12.1 Å². The Morgan fingerprint density at radius 3 is 2.36 bits per heavy atom. The van der Waals surface area contributed by atoms with Gasteiger partial charge in [-0.1, -0.05) is 74.7 Å². The smallest absolute Gasteiger partial charge is 0.407 e. The van der Waals surface area contributed by atoms with Gasteiger partial charge in [-0.15, -0.1) is 0 Å². The zero-order chi connectivity index (χ0) is 30.4. The summed E-state index contributed by atoms with van der Waals surface area (Å²) in [5.74, 6) is 6.94. The standard InChI is InChI=1S/C33H40N2O6Si/c1-33(2,42-4)22-23-40-31(27-11-6-5-7-12-27)30(13-9-8-10-25-14-18-28(19-15-25)35(37)38)34-32(36)41-24-26-16-20-29(39-3)21-17-26/h5-7,11-12,14-21,30-31H,9,13,22-24,42H2,1-4H3,(H,34,36)/t30-,31-/m1/s1. The molecule has 0 spiro atoms. The van der Waals surface area contributed by atoms with Crippen molar-refractivity contribution in [3.8, 4) is 17.6 Å². The molecule has 0 aliphatic rings. The summed E-state index contributed by atoms with van der Waals surface area (Å²) in [6, 6.07) is 23.0. The van der Waals surface area contributed by atoms with Gasteiger partial charge in [0.05, 0.1) is 18.1 Å². The van der Waals surface area contributed by atoms with Crippen LogP contribution in [0.1, 0.15) is 55.9 Å². The summed E-state index contributed by atoms with van der Waals surface area (Å²) in [7, 11) is 1.38. The average molecular weight is 589 g/mol. The predicted octanol–water partition coefficient (Wildman–Crippen LogP) is 6.59. The van der Waals surface area contributed by atoms with Gasteiger partial charge in [0.1, 0.15) is 18.5 Å². The topological polar surface area (TPSA) is 99.9 Å². The Morgan fingerprint density at radius 1 is 1.05 bits per heavy atom. The molecular formula is C33H40N2O6Si. The second-order valence-electron chi connectivity index (χ2n) is 10.8. The second kappa shape index (κ2) is 16.3. The van der Waals surface area contributed by atoms with Gasteiger partial charge in [-0.2, -0.15) is 0 Å². The third-order valence-corrected chi connectivity index (χ3v) is 9.52. The van der Waals surface area contributed by atoms with Gasteiger partial charge < -0.3 is 19.5 Å². The van der Waals surface area contributed by atoms with Crippen LogP contribution in [-0.2, 0) is 16.1 Å². The zero-order valence-corrected chi connectivity index (χ0v) is 26.2. The monoisotopic (exact) mass is 588 g/mol. The van der Waals surface area contributed by atoms with Crippen LogP contribution in [0.3, 0.4) is 0 Å². The molecule has 1 amide bonds. The minimum atomic E-state index is -0.537.